The minimum Gasteiger partial charge on any atom is -0.361 e. The highest BCUT2D eigenvalue weighted by Gasteiger charge is 2.08. The van der Waals surface area contributed by atoms with Gasteiger partial charge >= 0.3 is 0 Å². The summed E-state index contributed by atoms with van der Waals surface area (Å²) >= 11 is 1.78. The van der Waals surface area contributed by atoms with Crippen LogP contribution in [0.5, 0.6) is 0 Å². The van der Waals surface area contributed by atoms with E-state index in [0.29, 0.717) is 0 Å². The summed E-state index contributed by atoms with van der Waals surface area (Å²) in [6, 6.07) is 10.6. The Hall–Kier alpha value is -1.26. The number of thioether (sulfide) groups is 1. The molecule has 1 aromatic carbocycles. The maximum Gasteiger partial charge on any atom is 0.133 e. The first-order chi connectivity index (χ1) is 9.42. The largest absolute Gasteiger partial charge is 0.361 e. The van der Waals surface area contributed by atoms with Crippen molar-refractivity contribution in [1.29, 1.82) is 0 Å². The van der Waals surface area contributed by atoms with E-state index < -0.39 is 0 Å². The Morgan fingerprint density at radius 1 is 1.25 bits per heavy atom. The van der Waals surface area contributed by atoms with Crippen LogP contribution in [0.2, 0.25) is 0 Å². The molecule has 0 fully saturated rings. The lowest BCUT2D eigenvalue weighted by atomic mass is 10.1. The van der Waals surface area contributed by atoms with Crippen LogP contribution in [0.15, 0.2) is 39.8 Å². The number of nitrogens with one attached hydrogen (secondary N) is 1. The third kappa shape index (κ3) is 5.02. The van der Waals surface area contributed by atoms with Gasteiger partial charge in [0.1, 0.15) is 5.76 Å². The van der Waals surface area contributed by atoms with E-state index in [0.717, 1.165) is 23.8 Å². The third-order valence-corrected chi connectivity index (χ3v) is 3.81. The molecule has 0 saturated heterocycles. The first-order valence-electron chi connectivity index (χ1n) is 6.81. The van der Waals surface area contributed by atoms with Gasteiger partial charge in [0.2, 0.25) is 0 Å². The zero-order valence-corrected chi connectivity index (χ0v) is 13.4. The molecule has 0 aliphatic heterocycles. The second-order valence-corrected chi connectivity index (χ2v) is 7.02. The maximum atomic E-state index is 5.08. The molecular weight excluding hydrogens is 268 g/mol. The molecule has 0 bridgehead atoms. The normalized spacial score (nSPS) is 11.8. The number of aromatic nitrogens is 1. The second-order valence-electron chi connectivity index (χ2n) is 5.97. The fourth-order valence-corrected chi connectivity index (χ4v) is 2.62. The number of aryl methyl sites for hydroxylation is 1. The van der Waals surface area contributed by atoms with Crippen molar-refractivity contribution >= 4 is 11.8 Å². The van der Waals surface area contributed by atoms with Crippen LogP contribution < -0.4 is 5.32 Å². The molecular formula is C16H22N2OS. The molecule has 0 aliphatic rings. The molecule has 3 nitrogen and oxygen atoms in total. The predicted octanol–water partition coefficient (Wildman–Crippen LogP) is 4.16. The van der Waals surface area contributed by atoms with Gasteiger partial charge < -0.3 is 9.84 Å². The predicted molar refractivity (Wildman–Crippen MR) is 83.8 cm³/mol. The molecule has 0 aliphatic carbocycles. The fourth-order valence-electron chi connectivity index (χ4n) is 1.76. The van der Waals surface area contributed by atoms with Crippen molar-refractivity contribution in [2.45, 2.75) is 50.4 Å². The summed E-state index contributed by atoms with van der Waals surface area (Å²) in [6.45, 7) is 9.34. The molecule has 0 radical (unpaired) electrons. The Morgan fingerprint density at radius 2 is 2.05 bits per heavy atom. The molecule has 2 aromatic rings. The van der Waals surface area contributed by atoms with Crippen LogP contribution in [0.25, 0.3) is 0 Å². The molecule has 0 spiro atoms. The molecule has 0 unspecified atom stereocenters. The average molecular weight is 290 g/mol. The lowest BCUT2D eigenvalue weighted by molar-refractivity contribution is 0.393. The Morgan fingerprint density at radius 3 is 2.70 bits per heavy atom. The summed E-state index contributed by atoms with van der Waals surface area (Å²) in [4.78, 5) is 1.26. The second kappa shape index (κ2) is 6.46. The summed E-state index contributed by atoms with van der Waals surface area (Å²) in [6.07, 6.45) is 0. The molecule has 108 valence electrons. The molecule has 20 heavy (non-hydrogen) atoms. The zero-order valence-electron chi connectivity index (χ0n) is 12.6. The third-order valence-electron chi connectivity index (χ3n) is 2.78. The van der Waals surface area contributed by atoms with E-state index in [1.54, 1.807) is 11.8 Å². The SMILES string of the molecule is Cc1cc(CSc2cccc(CNC(C)(C)C)c2)no1. The number of rotatable bonds is 5. The van der Waals surface area contributed by atoms with Crippen LogP contribution in [-0.4, -0.2) is 10.7 Å². The summed E-state index contributed by atoms with van der Waals surface area (Å²) in [5, 5.41) is 7.52. The molecule has 1 N–H and O–H groups in total. The lowest BCUT2D eigenvalue weighted by Crippen LogP contribution is -2.35. The zero-order chi connectivity index (χ0) is 14.6. The molecule has 0 saturated carbocycles. The first kappa shape index (κ1) is 15.1. The van der Waals surface area contributed by atoms with Gasteiger partial charge in [0.05, 0.1) is 5.69 Å². The van der Waals surface area contributed by atoms with Gasteiger partial charge in [-0.05, 0) is 45.4 Å². The highest BCUT2D eigenvalue weighted by Crippen LogP contribution is 2.23. The Kier molecular flexibility index (Phi) is 4.89. The van der Waals surface area contributed by atoms with Crippen molar-refractivity contribution in [3.8, 4) is 0 Å². The lowest BCUT2D eigenvalue weighted by Gasteiger charge is -2.20. The quantitative estimate of drug-likeness (QED) is 0.839. The molecule has 2 rings (SSSR count). The fraction of sp³-hybridized carbons (Fsp3) is 0.438. The van der Waals surface area contributed by atoms with Crippen LogP contribution in [0, 0.1) is 6.92 Å². The first-order valence-corrected chi connectivity index (χ1v) is 7.80. The van der Waals surface area contributed by atoms with Gasteiger partial charge in [-0.3, -0.25) is 0 Å². The van der Waals surface area contributed by atoms with Crippen molar-refractivity contribution in [2.75, 3.05) is 0 Å². The minimum atomic E-state index is 0.140. The van der Waals surface area contributed by atoms with Gasteiger partial charge in [-0.15, -0.1) is 11.8 Å². The van der Waals surface area contributed by atoms with Gasteiger partial charge in [-0.1, -0.05) is 17.3 Å². The van der Waals surface area contributed by atoms with Gasteiger partial charge in [0, 0.05) is 28.8 Å². The number of benzene rings is 1. The van der Waals surface area contributed by atoms with E-state index in [9.17, 15) is 0 Å². The monoisotopic (exact) mass is 290 g/mol. The molecule has 1 heterocycles. The Bertz CT molecular complexity index is 558. The average Bonchev–Trinajstić information content (AvgIpc) is 2.80. The van der Waals surface area contributed by atoms with Gasteiger partial charge in [0.15, 0.2) is 0 Å². The Labute approximate surface area is 125 Å². The van der Waals surface area contributed by atoms with Crippen LogP contribution in [-0.2, 0) is 12.3 Å². The van der Waals surface area contributed by atoms with E-state index in [2.05, 4.69) is 55.5 Å². The molecule has 0 amide bonds. The minimum absolute atomic E-state index is 0.140. The van der Waals surface area contributed by atoms with Crippen LogP contribution in [0.4, 0.5) is 0 Å². The summed E-state index contributed by atoms with van der Waals surface area (Å²) in [7, 11) is 0. The van der Waals surface area contributed by atoms with E-state index in [1.807, 2.05) is 13.0 Å². The highest BCUT2D eigenvalue weighted by molar-refractivity contribution is 7.98. The molecule has 0 atom stereocenters. The maximum absolute atomic E-state index is 5.08. The van der Waals surface area contributed by atoms with E-state index in [-0.39, 0.29) is 5.54 Å². The highest BCUT2D eigenvalue weighted by atomic mass is 32.2. The van der Waals surface area contributed by atoms with E-state index >= 15 is 0 Å². The smallest absolute Gasteiger partial charge is 0.133 e. The summed E-state index contributed by atoms with van der Waals surface area (Å²) < 4.78 is 5.08. The number of nitrogens with zero attached hydrogens (tertiary/aromatic N) is 1. The van der Waals surface area contributed by atoms with Gasteiger partial charge in [-0.2, -0.15) is 0 Å². The Balaban J connectivity index is 1.92. The van der Waals surface area contributed by atoms with Gasteiger partial charge in [-0.25, -0.2) is 0 Å². The molecule has 4 heteroatoms. The summed E-state index contributed by atoms with van der Waals surface area (Å²) in [5.41, 5.74) is 2.44. The summed E-state index contributed by atoms with van der Waals surface area (Å²) in [5.74, 6) is 1.71. The van der Waals surface area contributed by atoms with Crippen molar-refractivity contribution in [2.24, 2.45) is 0 Å². The topological polar surface area (TPSA) is 38.1 Å². The van der Waals surface area contributed by atoms with Gasteiger partial charge in [0.25, 0.3) is 0 Å². The van der Waals surface area contributed by atoms with Crippen molar-refractivity contribution in [1.82, 2.24) is 10.5 Å². The standard InChI is InChI=1S/C16H22N2OS/c1-12-8-14(18-19-12)11-20-15-7-5-6-13(9-15)10-17-16(2,3)4/h5-9,17H,10-11H2,1-4H3. The number of hydrogen-bond acceptors (Lipinski definition) is 4. The van der Waals surface area contributed by atoms with Crippen LogP contribution >= 0.6 is 11.8 Å². The van der Waals surface area contributed by atoms with E-state index in [4.69, 9.17) is 4.52 Å². The van der Waals surface area contributed by atoms with Crippen molar-refractivity contribution < 1.29 is 4.52 Å². The van der Waals surface area contributed by atoms with Crippen LogP contribution in [0.3, 0.4) is 0 Å². The van der Waals surface area contributed by atoms with Crippen molar-refractivity contribution in [3.63, 3.8) is 0 Å². The van der Waals surface area contributed by atoms with Crippen molar-refractivity contribution in [3.05, 3.63) is 47.3 Å². The van der Waals surface area contributed by atoms with Crippen LogP contribution in [0.1, 0.15) is 37.8 Å². The molecule has 1 aromatic heterocycles. The van der Waals surface area contributed by atoms with E-state index in [1.165, 1.54) is 10.5 Å². The number of hydrogen-bond donors (Lipinski definition) is 1.